The number of ether oxygens (including phenoxy) is 1. The first kappa shape index (κ1) is 23.3. The Hall–Kier alpha value is -0.670. The van der Waals surface area contributed by atoms with E-state index in [1.807, 2.05) is 27.8 Å². The van der Waals surface area contributed by atoms with Crippen molar-refractivity contribution in [3.63, 3.8) is 0 Å². The Labute approximate surface area is 170 Å². The molecule has 138 valence electrons. The van der Waals surface area contributed by atoms with Gasteiger partial charge in [0.2, 0.25) is 0 Å². The zero-order valence-electron chi connectivity index (χ0n) is 14.4. The molecule has 0 saturated carbocycles. The molecule has 1 aromatic heterocycles. The number of rotatable bonds is 7. The van der Waals surface area contributed by atoms with Crippen molar-refractivity contribution in [1.82, 2.24) is 15.2 Å². The SMILES string of the molecule is CCNC(=NCc1cc(Cl)c(Cl)n1C)NCCC(=O)OC(C)C.I. The van der Waals surface area contributed by atoms with Crippen molar-refractivity contribution in [1.29, 1.82) is 0 Å². The summed E-state index contributed by atoms with van der Waals surface area (Å²) in [5, 5.41) is 7.22. The van der Waals surface area contributed by atoms with Crippen molar-refractivity contribution >= 4 is 59.1 Å². The summed E-state index contributed by atoms with van der Waals surface area (Å²) >= 11 is 12.0. The summed E-state index contributed by atoms with van der Waals surface area (Å²) in [6.45, 7) is 7.22. The highest BCUT2D eigenvalue weighted by Gasteiger charge is 2.09. The molecule has 0 spiro atoms. The van der Waals surface area contributed by atoms with Crippen LogP contribution in [0.2, 0.25) is 10.2 Å². The maximum absolute atomic E-state index is 11.5. The normalized spacial score (nSPS) is 11.2. The number of hydrogen-bond donors (Lipinski definition) is 2. The Balaban J connectivity index is 0.00000529. The summed E-state index contributed by atoms with van der Waals surface area (Å²) in [6.07, 6.45) is 0.181. The molecule has 0 atom stereocenters. The van der Waals surface area contributed by atoms with Crippen LogP contribution in [0, 0.1) is 0 Å². The van der Waals surface area contributed by atoms with Gasteiger partial charge in [-0.1, -0.05) is 23.2 Å². The summed E-state index contributed by atoms with van der Waals surface area (Å²) in [4.78, 5) is 16.0. The van der Waals surface area contributed by atoms with Crippen LogP contribution < -0.4 is 10.6 Å². The summed E-state index contributed by atoms with van der Waals surface area (Å²) in [5.41, 5.74) is 0.899. The number of esters is 1. The molecule has 0 aliphatic heterocycles. The molecule has 24 heavy (non-hydrogen) atoms. The van der Waals surface area contributed by atoms with Gasteiger partial charge in [-0.15, -0.1) is 24.0 Å². The molecule has 0 radical (unpaired) electrons. The monoisotopic (exact) mass is 490 g/mol. The second kappa shape index (κ2) is 11.8. The summed E-state index contributed by atoms with van der Waals surface area (Å²) in [5.74, 6) is 0.391. The number of guanidine groups is 1. The Morgan fingerprint density at radius 3 is 2.54 bits per heavy atom. The molecule has 0 aliphatic carbocycles. The van der Waals surface area contributed by atoms with Gasteiger partial charge in [-0.2, -0.15) is 0 Å². The van der Waals surface area contributed by atoms with Gasteiger partial charge >= 0.3 is 5.97 Å². The van der Waals surface area contributed by atoms with Crippen LogP contribution in [0.1, 0.15) is 32.9 Å². The van der Waals surface area contributed by atoms with Crippen LogP contribution in [-0.4, -0.2) is 35.7 Å². The quantitative estimate of drug-likeness (QED) is 0.266. The van der Waals surface area contributed by atoms with E-state index in [9.17, 15) is 4.79 Å². The molecule has 0 bridgehead atoms. The lowest BCUT2D eigenvalue weighted by Crippen LogP contribution is -2.38. The van der Waals surface area contributed by atoms with Gasteiger partial charge < -0.3 is 19.9 Å². The van der Waals surface area contributed by atoms with E-state index in [-0.39, 0.29) is 42.5 Å². The van der Waals surface area contributed by atoms with Crippen LogP contribution in [0.3, 0.4) is 0 Å². The van der Waals surface area contributed by atoms with Crippen molar-refractivity contribution < 1.29 is 9.53 Å². The maximum Gasteiger partial charge on any atom is 0.307 e. The molecule has 2 N–H and O–H groups in total. The molecule has 0 unspecified atom stereocenters. The first-order valence-corrected chi connectivity index (χ1v) is 8.32. The van der Waals surface area contributed by atoms with Gasteiger partial charge in [0, 0.05) is 25.8 Å². The number of carbonyl (C=O) groups excluding carboxylic acids is 1. The average Bonchev–Trinajstić information content (AvgIpc) is 2.71. The number of carbonyl (C=O) groups is 1. The molecule has 6 nitrogen and oxygen atoms in total. The smallest absolute Gasteiger partial charge is 0.307 e. The third kappa shape index (κ3) is 7.94. The fourth-order valence-corrected chi connectivity index (χ4v) is 2.26. The van der Waals surface area contributed by atoms with Gasteiger partial charge in [0.05, 0.1) is 24.1 Å². The number of aromatic nitrogens is 1. The molecule has 1 aromatic rings. The van der Waals surface area contributed by atoms with Crippen molar-refractivity contribution in [3.8, 4) is 0 Å². The number of nitrogens with zero attached hydrogens (tertiary/aromatic N) is 2. The highest BCUT2D eigenvalue weighted by atomic mass is 127. The molecule has 0 saturated heterocycles. The lowest BCUT2D eigenvalue weighted by molar-refractivity contribution is -0.147. The fraction of sp³-hybridized carbons (Fsp3) is 0.600. The second-order valence-electron chi connectivity index (χ2n) is 5.24. The van der Waals surface area contributed by atoms with Crippen LogP contribution in [0.25, 0.3) is 0 Å². The van der Waals surface area contributed by atoms with E-state index < -0.39 is 0 Å². The van der Waals surface area contributed by atoms with E-state index in [1.165, 1.54) is 0 Å². The molecular weight excluding hydrogens is 466 g/mol. The van der Waals surface area contributed by atoms with Crippen LogP contribution in [0.4, 0.5) is 0 Å². The van der Waals surface area contributed by atoms with Crippen molar-refractivity contribution in [2.75, 3.05) is 13.1 Å². The second-order valence-corrected chi connectivity index (χ2v) is 6.01. The highest BCUT2D eigenvalue weighted by molar-refractivity contribution is 14.0. The van der Waals surface area contributed by atoms with E-state index in [0.29, 0.717) is 29.2 Å². The number of halogens is 3. The van der Waals surface area contributed by atoms with Gasteiger partial charge in [-0.25, -0.2) is 4.99 Å². The number of aliphatic imine (C=N–C) groups is 1. The fourth-order valence-electron chi connectivity index (χ4n) is 1.85. The molecule has 9 heteroatoms. The predicted molar refractivity (Wildman–Crippen MR) is 110 cm³/mol. The Bertz CT molecular complexity index is 562. The Kier molecular flexibility index (Phi) is 11.5. The van der Waals surface area contributed by atoms with Gasteiger partial charge in [0.15, 0.2) is 5.96 Å². The largest absolute Gasteiger partial charge is 0.463 e. The van der Waals surface area contributed by atoms with Gasteiger partial charge in [-0.3, -0.25) is 4.79 Å². The third-order valence-corrected chi connectivity index (χ3v) is 3.79. The van der Waals surface area contributed by atoms with E-state index in [4.69, 9.17) is 27.9 Å². The number of nitrogens with one attached hydrogen (secondary N) is 2. The summed E-state index contributed by atoms with van der Waals surface area (Å²) in [6, 6.07) is 1.79. The van der Waals surface area contributed by atoms with E-state index in [2.05, 4.69) is 15.6 Å². The molecule has 0 aromatic carbocycles. The van der Waals surface area contributed by atoms with E-state index in [1.54, 1.807) is 10.6 Å². The van der Waals surface area contributed by atoms with Crippen LogP contribution in [0.5, 0.6) is 0 Å². The zero-order valence-corrected chi connectivity index (χ0v) is 18.2. The number of hydrogen-bond acceptors (Lipinski definition) is 3. The van der Waals surface area contributed by atoms with Crippen molar-refractivity contribution in [3.05, 3.63) is 21.9 Å². The lowest BCUT2D eigenvalue weighted by atomic mass is 10.4. The molecule has 0 aliphatic rings. The molecule has 1 heterocycles. The lowest BCUT2D eigenvalue weighted by Gasteiger charge is -2.12. The van der Waals surface area contributed by atoms with Gasteiger partial charge in [0.1, 0.15) is 5.15 Å². The maximum atomic E-state index is 11.5. The standard InChI is InChI=1S/C15H24Cl2N4O2.HI/c1-5-18-15(19-7-6-13(22)23-10(2)3)20-9-11-8-12(16)14(17)21(11)4;/h8,10H,5-7,9H2,1-4H3,(H2,18,19,20);1H. The summed E-state index contributed by atoms with van der Waals surface area (Å²) < 4.78 is 6.87. The Morgan fingerprint density at radius 1 is 1.38 bits per heavy atom. The molecule has 0 fully saturated rings. The van der Waals surface area contributed by atoms with Crippen LogP contribution >= 0.6 is 47.2 Å². The third-order valence-electron chi connectivity index (χ3n) is 2.95. The molecule has 0 amide bonds. The molecular formula is C15H25Cl2IN4O2. The van der Waals surface area contributed by atoms with E-state index in [0.717, 1.165) is 12.2 Å². The van der Waals surface area contributed by atoms with Crippen molar-refractivity contribution in [2.45, 2.75) is 39.8 Å². The zero-order chi connectivity index (χ0) is 17.4. The van der Waals surface area contributed by atoms with Crippen molar-refractivity contribution in [2.24, 2.45) is 12.0 Å². The average molecular weight is 491 g/mol. The van der Waals surface area contributed by atoms with E-state index >= 15 is 0 Å². The Morgan fingerprint density at radius 2 is 2.04 bits per heavy atom. The highest BCUT2D eigenvalue weighted by Crippen LogP contribution is 2.25. The summed E-state index contributed by atoms with van der Waals surface area (Å²) in [7, 11) is 1.83. The molecule has 1 rings (SSSR count). The first-order chi connectivity index (χ1) is 10.8. The van der Waals surface area contributed by atoms with Crippen LogP contribution in [-0.2, 0) is 23.1 Å². The van der Waals surface area contributed by atoms with Crippen LogP contribution in [0.15, 0.2) is 11.1 Å². The van der Waals surface area contributed by atoms with Gasteiger partial charge in [-0.05, 0) is 26.8 Å². The predicted octanol–water partition coefficient (Wildman–Crippen LogP) is 3.35. The minimum atomic E-state index is -0.232. The first-order valence-electron chi connectivity index (χ1n) is 7.56. The minimum absolute atomic E-state index is 0. The van der Waals surface area contributed by atoms with Gasteiger partial charge in [0.25, 0.3) is 0 Å². The minimum Gasteiger partial charge on any atom is -0.463 e. The topological polar surface area (TPSA) is 67.7 Å².